The van der Waals surface area contributed by atoms with Crippen molar-refractivity contribution in [3.8, 4) is 5.69 Å². The molecular weight excluding hydrogens is 248 g/mol. The van der Waals surface area contributed by atoms with Gasteiger partial charge in [0, 0.05) is 12.2 Å². The van der Waals surface area contributed by atoms with Gasteiger partial charge in [0.25, 0.3) is 0 Å². The molecule has 1 aromatic heterocycles. The lowest BCUT2D eigenvalue weighted by atomic mass is 10.2. The van der Waals surface area contributed by atoms with Crippen molar-refractivity contribution in [3.05, 3.63) is 49.1 Å². The summed E-state index contributed by atoms with van der Waals surface area (Å²) in [6.07, 6.45) is 4.59. The zero-order valence-corrected chi connectivity index (χ0v) is 9.72. The van der Waals surface area contributed by atoms with Crippen molar-refractivity contribution < 1.29 is 14.7 Å². The number of benzene rings is 1. The number of para-hydroxylation sites is 2. The van der Waals surface area contributed by atoms with Crippen LogP contribution >= 0.6 is 0 Å². The van der Waals surface area contributed by atoms with Crippen molar-refractivity contribution >= 4 is 17.6 Å². The highest BCUT2D eigenvalue weighted by atomic mass is 16.4. The Hall–Kier alpha value is -2.96. The number of amides is 1. The first-order valence-corrected chi connectivity index (χ1v) is 5.33. The average Bonchev–Trinajstić information content (AvgIpc) is 2.91. The number of aliphatic carboxylic acids is 1. The van der Waals surface area contributed by atoms with Crippen LogP contribution in [0.4, 0.5) is 5.69 Å². The van der Waals surface area contributed by atoms with Crippen molar-refractivity contribution in [2.45, 2.75) is 0 Å². The van der Waals surface area contributed by atoms with Crippen LogP contribution in [-0.2, 0) is 9.59 Å². The van der Waals surface area contributed by atoms with Gasteiger partial charge in [-0.1, -0.05) is 12.1 Å². The molecule has 7 heteroatoms. The maximum atomic E-state index is 11.5. The molecule has 2 rings (SSSR count). The monoisotopic (exact) mass is 258 g/mol. The summed E-state index contributed by atoms with van der Waals surface area (Å²) in [5, 5.41) is 15.0. The van der Waals surface area contributed by atoms with E-state index < -0.39 is 11.9 Å². The number of anilines is 1. The number of carboxylic acids is 1. The van der Waals surface area contributed by atoms with E-state index in [1.165, 1.54) is 17.3 Å². The van der Waals surface area contributed by atoms with Crippen molar-refractivity contribution in [1.29, 1.82) is 0 Å². The minimum Gasteiger partial charge on any atom is -0.478 e. The summed E-state index contributed by atoms with van der Waals surface area (Å²) in [5.74, 6) is -1.71. The Morgan fingerprint density at radius 2 is 2.05 bits per heavy atom. The van der Waals surface area contributed by atoms with E-state index in [9.17, 15) is 9.59 Å². The first-order valence-electron chi connectivity index (χ1n) is 5.33. The van der Waals surface area contributed by atoms with Crippen LogP contribution in [0.1, 0.15) is 0 Å². The van der Waals surface area contributed by atoms with E-state index in [1.807, 2.05) is 0 Å². The third-order valence-electron chi connectivity index (χ3n) is 2.20. The van der Waals surface area contributed by atoms with E-state index in [-0.39, 0.29) is 0 Å². The summed E-state index contributed by atoms with van der Waals surface area (Å²) < 4.78 is 1.50. The van der Waals surface area contributed by atoms with Crippen molar-refractivity contribution in [3.63, 3.8) is 0 Å². The number of carbonyl (C=O) groups excluding carboxylic acids is 1. The van der Waals surface area contributed by atoms with E-state index in [0.717, 1.165) is 12.2 Å². The lowest BCUT2D eigenvalue weighted by molar-refractivity contribution is -0.131. The van der Waals surface area contributed by atoms with Gasteiger partial charge in [-0.05, 0) is 12.1 Å². The summed E-state index contributed by atoms with van der Waals surface area (Å²) in [7, 11) is 0. The molecule has 19 heavy (non-hydrogen) atoms. The van der Waals surface area contributed by atoms with E-state index in [0.29, 0.717) is 11.4 Å². The summed E-state index contributed by atoms with van der Waals surface area (Å²) in [6.45, 7) is 0. The van der Waals surface area contributed by atoms with E-state index in [2.05, 4.69) is 15.4 Å². The molecule has 0 spiro atoms. The van der Waals surface area contributed by atoms with E-state index >= 15 is 0 Å². The van der Waals surface area contributed by atoms with Crippen LogP contribution in [-0.4, -0.2) is 31.7 Å². The van der Waals surface area contributed by atoms with Gasteiger partial charge in [-0.2, -0.15) is 5.10 Å². The Morgan fingerprint density at radius 3 is 2.74 bits per heavy atom. The van der Waals surface area contributed by atoms with Gasteiger partial charge in [0.1, 0.15) is 12.7 Å². The molecule has 0 radical (unpaired) electrons. The summed E-state index contributed by atoms with van der Waals surface area (Å²) in [6, 6.07) is 6.98. The van der Waals surface area contributed by atoms with Crippen molar-refractivity contribution in [1.82, 2.24) is 14.8 Å². The number of nitrogens with one attached hydrogen (secondary N) is 1. The van der Waals surface area contributed by atoms with Crippen LogP contribution in [0.25, 0.3) is 5.69 Å². The van der Waals surface area contributed by atoms with Crippen molar-refractivity contribution in [2.24, 2.45) is 0 Å². The molecule has 0 saturated carbocycles. The van der Waals surface area contributed by atoms with Crippen molar-refractivity contribution in [2.75, 3.05) is 5.32 Å². The van der Waals surface area contributed by atoms with Gasteiger partial charge in [-0.3, -0.25) is 4.79 Å². The second-order valence-electron chi connectivity index (χ2n) is 3.52. The number of hydrogen-bond donors (Lipinski definition) is 2. The summed E-state index contributed by atoms with van der Waals surface area (Å²) in [5.41, 5.74) is 1.14. The SMILES string of the molecule is O=C(O)/C=C/C(=O)Nc1ccccc1-n1cncn1. The molecule has 0 aliphatic heterocycles. The van der Waals surface area contributed by atoms with Gasteiger partial charge in [0.15, 0.2) is 0 Å². The smallest absolute Gasteiger partial charge is 0.328 e. The Morgan fingerprint density at radius 1 is 1.26 bits per heavy atom. The number of carboxylic acid groups (broad SMARTS) is 1. The van der Waals surface area contributed by atoms with Crippen LogP contribution in [0.5, 0.6) is 0 Å². The Labute approximate surface area is 108 Å². The first kappa shape index (κ1) is 12.5. The zero-order valence-electron chi connectivity index (χ0n) is 9.72. The topological polar surface area (TPSA) is 97.1 Å². The molecule has 1 aromatic carbocycles. The fraction of sp³-hybridized carbons (Fsp3) is 0. The molecule has 2 aromatic rings. The van der Waals surface area contributed by atoms with Crippen LogP contribution < -0.4 is 5.32 Å². The zero-order chi connectivity index (χ0) is 13.7. The van der Waals surface area contributed by atoms with Gasteiger partial charge in [0.05, 0.1) is 11.4 Å². The fourth-order valence-electron chi connectivity index (χ4n) is 1.43. The second-order valence-corrected chi connectivity index (χ2v) is 3.52. The predicted octanol–water partition coefficient (Wildman–Crippen LogP) is 0.847. The molecule has 0 unspecified atom stereocenters. The number of rotatable bonds is 4. The minimum atomic E-state index is -1.18. The Kier molecular flexibility index (Phi) is 3.67. The van der Waals surface area contributed by atoms with Gasteiger partial charge >= 0.3 is 5.97 Å². The quantitative estimate of drug-likeness (QED) is 0.792. The molecule has 2 N–H and O–H groups in total. The lowest BCUT2D eigenvalue weighted by Crippen LogP contribution is -2.11. The maximum absolute atomic E-state index is 11.5. The molecule has 96 valence electrons. The molecule has 1 amide bonds. The average molecular weight is 258 g/mol. The van der Waals surface area contributed by atoms with Gasteiger partial charge in [0.2, 0.25) is 5.91 Å². The molecule has 0 bridgehead atoms. The summed E-state index contributed by atoms with van der Waals surface area (Å²) in [4.78, 5) is 25.7. The van der Waals surface area contributed by atoms with Gasteiger partial charge in [-0.15, -0.1) is 0 Å². The third-order valence-corrected chi connectivity index (χ3v) is 2.20. The highest BCUT2D eigenvalue weighted by Gasteiger charge is 2.06. The number of carbonyl (C=O) groups is 2. The molecular formula is C12H10N4O3. The first-order chi connectivity index (χ1) is 9.16. The number of hydrogen-bond acceptors (Lipinski definition) is 4. The van der Waals surface area contributed by atoms with Crippen LogP contribution in [0.3, 0.4) is 0 Å². The molecule has 0 aliphatic rings. The Bertz CT molecular complexity index is 620. The minimum absolute atomic E-state index is 0.507. The lowest BCUT2D eigenvalue weighted by Gasteiger charge is -2.08. The molecule has 7 nitrogen and oxygen atoms in total. The molecule has 0 atom stereocenters. The molecule has 1 heterocycles. The largest absolute Gasteiger partial charge is 0.478 e. The predicted molar refractivity (Wildman–Crippen MR) is 66.8 cm³/mol. The van der Waals surface area contributed by atoms with Gasteiger partial charge in [-0.25, -0.2) is 14.5 Å². The van der Waals surface area contributed by atoms with Crippen LogP contribution in [0, 0.1) is 0 Å². The highest BCUT2D eigenvalue weighted by molar-refractivity contribution is 6.03. The van der Waals surface area contributed by atoms with Crippen LogP contribution in [0.15, 0.2) is 49.1 Å². The normalized spacial score (nSPS) is 10.5. The van der Waals surface area contributed by atoms with Crippen LogP contribution in [0.2, 0.25) is 0 Å². The maximum Gasteiger partial charge on any atom is 0.328 e. The highest BCUT2D eigenvalue weighted by Crippen LogP contribution is 2.18. The number of aromatic nitrogens is 3. The molecule has 0 saturated heterocycles. The van der Waals surface area contributed by atoms with E-state index in [4.69, 9.17) is 5.11 Å². The van der Waals surface area contributed by atoms with Gasteiger partial charge < -0.3 is 10.4 Å². The van der Waals surface area contributed by atoms with E-state index in [1.54, 1.807) is 24.3 Å². The molecule has 0 fully saturated rings. The fourth-order valence-corrected chi connectivity index (χ4v) is 1.43. The third kappa shape index (κ3) is 3.25. The summed E-state index contributed by atoms with van der Waals surface area (Å²) >= 11 is 0. The molecule has 0 aliphatic carbocycles. The Balaban J connectivity index is 2.22. The standard InChI is InChI=1S/C12H10N4O3/c17-11(5-6-12(18)19)15-9-3-1-2-4-10(9)16-8-13-7-14-16/h1-8H,(H,15,17)(H,18,19)/b6-5+. The number of nitrogens with zero attached hydrogens (tertiary/aromatic N) is 3. The second kappa shape index (κ2) is 5.58.